The van der Waals surface area contributed by atoms with Gasteiger partial charge in [0.2, 0.25) is 5.91 Å². The highest BCUT2D eigenvalue weighted by Gasteiger charge is 2.53. The molecule has 0 bridgehead atoms. The molecule has 3 aliphatic carbocycles. The molecule has 3 unspecified atom stereocenters. The summed E-state index contributed by atoms with van der Waals surface area (Å²) in [5, 5.41) is 12.1. The van der Waals surface area contributed by atoms with Crippen LogP contribution in [0.15, 0.2) is 29.6 Å². The van der Waals surface area contributed by atoms with Gasteiger partial charge in [0.1, 0.15) is 24.3 Å². The predicted octanol–water partition coefficient (Wildman–Crippen LogP) is 5.64. The Labute approximate surface area is 250 Å². The minimum atomic E-state index is -0.716. The van der Waals surface area contributed by atoms with E-state index in [4.69, 9.17) is 16.3 Å². The van der Waals surface area contributed by atoms with Crippen molar-refractivity contribution in [2.24, 2.45) is 22.4 Å². The lowest BCUT2D eigenvalue weighted by Gasteiger charge is -2.46. The number of fused-ring (bicyclic) bond motifs is 1. The Balaban J connectivity index is 1.27. The molecule has 0 radical (unpaired) electrons. The van der Waals surface area contributed by atoms with Gasteiger partial charge in [0, 0.05) is 40.6 Å². The maximum Gasteiger partial charge on any atom is 0.290 e. The van der Waals surface area contributed by atoms with Gasteiger partial charge in [-0.15, -0.1) is 15.1 Å². The quantitative estimate of drug-likeness (QED) is 0.383. The first-order chi connectivity index (χ1) is 20.3. The van der Waals surface area contributed by atoms with Crippen LogP contribution in [-0.2, 0) is 22.6 Å². The van der Waals surface area contributed by atoms with E-state index in [1.54, 1.807) is 0 Å². The van der Waals surface area contributed by atoms with Crippen molar-refractivity contribution in [3.05, 3.63) is 57.1 Å². The minimum absolute atomic E-state index is 0.105. The Kier molecular flexibility index (Phi) is 6.87. The number of aromatic nitrogens is 3. The second-order valence-electron chi connectivity index (χ2n) is 12.9. The lowest BCUT2D eigenvalue weighted by atomic mass is 9.77. The minimum Gasteiger partial charge on any atom is -0.485 e. The van der Waals surface area contributed by atoms with Crippen molar-refractivity contribution in [3.8, 4) is 5.75 Å². The predicted molar refractivity (Wildman–Crippen MR) is 155 cm³/mol. The van der Waals surface area contributed by atoms with Gasteiger partial charge in [-0.1, -0.05) is 31.0 Å². The molecular formula is C31H37ClN6O4. The summed E-state index contributed by atoms with van der Waals surface area (Å²) < 4.78 is 8.70. The number of likely N-dealkylation sites (tertiary alicyclic amines) is 1. The molecular weight excluding hydrogens is 556 g/mol. The van der Waals surface area contributed by atoms with Gasteiger partial charge in [-0.25, -0.2) is 0 Å². The molecule has 7 rings (SSSR count). The van der Waals surface area contributed by atoms with Crippen molar-refractivity contribution in [1.29, 1.82) is 0 Å². The van der Waals surface area contributed by atoms with Crippen LogP contribution in [0.1, 0.15) is 92.8 Å². The van der Waals surface area contributed by atoms with Gasteiger partial charge in [-0.05, 0) is 81.4 Å². The fourth-order valence-electron chi connectivity index (χ4n) is 7.64. The number of rotatable bonds is 7. The van der Waals surface area contributed by atoms with E-state index in [9.17, 15) is 14.5 Å². The van der Waals surface area contributed by atoms with E-state index in [0.717, 1.165) is 80.0 Å². The summed E-state index contributed by atoms with van der Waals surface area (Å²) in [5.74, 6) is 0.269. The summed E-state index contributed by atoms with van der Waals surface area (Å²) in [6, 6.07) is 4.18. The maximum absolute atomic E-state index is 14.4. The number of aryl methyl sites for hydroxylation is 1. The van der Waals surface area contributed by atoms with Crippen LogP contribution in [-0.4, -0.2) is 49.5 Å². The van der Waals surface area contributed by atoms with Gasteiger partial charge in [-0.2, -0.15) is 0 Å². The lowest BCUT2D eigenvalue weighted by Crippen LogP contribution is -2.51. The third kappa shape index (κ3) is 4.71. The number of hydrogen-bond donors (Lipinski definition) is 0. The monoisotopic (exact) mass is 592 g/mol. The van der Waals surface area contributed by atoms with Gasteiger partial charge in [-0.3, -0.25) is 9.59 Å². The number of amides is 2. The highest BCUT2D eigenvalue weighted by molar-refractivity contribution is 6.31. The number of carbonyl (C=O) groups is 2. The number of halogens is 1. The fourth-order valence-corrected chi connectivity index (χ4v) is 7.90. The highest BCUT2D eigenvalue weighted by Crippen LogP contribution is 2.59. The zero-order chi connectivity index (χ0) is 29.2. The van der Waals surface area contributed by atoms with Crippen molar-refractivity contribution < 1.29 is 14.3 Å². The van der Waals surface area contributed by atoms with E-state index in [-0.39, 0.29) is 17.9 Å². The van der Waals surface area contributed by atoms with Crippen LogP contribution in [0.3, 0.4) is 0 Å². The number of allylic oxidation sites excluding steroid dienone is 1. The summed E-state index contributed by atoms with van der Waals surface area (Å²) >= 11 is 6.83. The number of benzene rings is 1. The average Bonchev–Trinajstić information content (AvgIpc) is 3.92. The number of nitrogens with zero attached hydrogens (tertiary/aromatic N) is 6. The van der Waals surface area contributed by atoms with Gasteiger partial charge in [0.25, 0.3) is 5.91 Å². The van der Waals surface area contributed by atoms with Crippen LogP contribution in [0.4, 0.5) is 0 Å². The third-order valence-corrected chi connectivity index (χ3v) is 10.5. The normalized spacial score (nSPS) is 26.3. The van der Waals surface area contributed by atoms with Gasteiger partial charge < -0.3 is 19.1 Å². The molecule has 0 N–H and O–H groups in total. The van der Waals surface area contributed by atoms with Crippen LogP contribution < -0.4 is 4.74 Å². The summed E-state index contributed by atoms with van der Waals surface area (Å²) in [6.07, 6.45) is 8.26. The Morgan fingerprint density at radius 3 is 2.60 bits per heavy atom. The lowest BCUT2D eigenvalue weighted by molar-refractivity contribution is -0.148. The zero-order valence-electron chi connectivity index (χ0n) is 24.1. The highest BCUT2D eigenvalue weighted by atomic mass is 35.5. The largest absolute Gasteiger partial charge is 0.485 e. The molecule has 42 heavy (non-hydrogen) atoms. The van der Waals surface area contributed by atoms with Crippen LogP contribution in [0.2, 0.25) is 5.02 Å². The van der Waals surface area contributed by atoms with Crippen LogP contribution in [0, 0.1) is 29.1 Å². The standard InChI is InChI=1S/C31H37ClN6O4/c1-18-15-31(12-13-31)17-37(18)29-27-23(11-14-36(29)30(40)22-6-4-3-5-21(22)28(39)35-41)24(32)9-10-25(27)42-16-26-34-33-19(2)38(26)20-7-8-20/h9-10,20-22,29H,1,3-8,11-17H2,2H3. The Hall–Kier alpha value is -3.27. The smallest absolute Gasteiger partial charge is 0.290 e. The van der Waals surface area contributed by atoms with Crippen molar-refractivity contribution in [2.45, 2.75) is 89.9 Å². The zero-order valence-corrected chi connectivity index (χ0v) is 24.8. The molecule has 5 aliphatic rings. The van der Waals surface area contributed by atoms with Crippen molar-refractivity contribution in [1.82, 2.24) is 24.6 Å². The van der Waals surface area contributed by atoms with Gasteiger partial charge >= 0.3 is 0 Å². The maximum atomic E-state index is 14.4. The van der Waals surface area contributed by atoms with Gasteiger partial charge in [0.05, 0.1) is 11.8 Å². The topological polar surface area (TPSA) is 110 Å². The summed E-state index contributed by atoms with van der Waals surface area (Å²) in [5.41, 5.74) is 3.07. The summed E-state index contributed by atoms with van der Waals surface area (Å²) in [6.45, 7) is 7.93. The molecule has 1 aromatic heterocycles. The van der Waals surface area contributed by atoms with Crippen LogP contribution >= 0.6 is 11.6 Å². The van der Waals surface area contributed by atoms with E-state index in [1.165, 1.54) is 0 Å². The molecule has 2 aliphatic heterocycles. The first-order valence-electron chi connectivity index (χ1n) is 15.3. The Morgan fingerprint density at radius 2 is 1.90 bits per heavy atom. The molecule has 1 aromatic carbocycles. The number of carbonyl (C=O) groups excluding carboxylic acids is 2. The Bertz CT molecular complexity index is 1460. The van der Waals surface area contributed by atoms with E-state index in [1.807, 2.05) is 24.0 Å². The van der Waals surface area contributed by atoms with Crippen molar-refractivity contribution >= 4 is 23.4 Å². The summed E-state index contributed by atoms with van der Waals surface area (Å²) in [7, 11) is 0. The molecule has 10 nitrogen and oxygen atoms in total. The van der Waals surface area contributed by atoms with Crippen molar-refractivity contribution in [2.75, 3.05) is 13.1 Å². The molecule has 11 heteroatoms. The third-order valence-electron chi connectivity index (χ3n) is 10.1. The van der Waals surface area contributed by atoms with Crippen LogP contribution in [0.25, 0.3) is 0 Å². The van der Waals surface area contributed by atoms with E-state index >= 15 is 0 Å². The SMILES string of the molecule is C=C1CC2(CC2)CN1C1c2c(OCc3nnc(C)n3C3CC3)ccc(Cl)c2CCN1C(=O)C1CCCCC1C(=O)N=O. The molecule has 1 spiro atoms. The van der Waals surface area contributed by atoms with Crippen molar-refractivity contribution in [3.63, 3.8) is 0 Å². The molecule has 2 aromatic rings. The van der Waals surface area contributed by atoms with Gasteiger partial charge in [0.15, 0.2) is 5.82 Å². The van der Waals surface area contributed by atoms with E-state index < -0.39 is 23.9 Å². The number of ether oxygens (including phenoxy) is 1. The first kappa shape index (κ1) is 27.6. The number of hydrogen-bond acceptors (Lipinski definition) is 7. The molecule has 4 fully saturated rings. The average molecular weight is 593 g/mol. The summed E-state index contributed by atoms with van der Waals surface area (Å²) in [4.78, 5) is 42.4. The molecule has 3 heterocycles. The molecule has 3 atom stereocenters. The first-order valence-corrected chi connectivity index (χ1v) is 15.6. The second-order valence-corrected chi connectivity index (χ2v) is 13.4. The van der Waals surface area contributed by atoms with E-state index in [2.05, 4.69) is 31.4 Å². The molecule has 222 valence electrons. The second kappa shape index (κ2) is 10.5. The number of nitroso groups, excluding NO2 is 1. The fraction of sp³-hybridized carbons (Fsp3) is 0.613. The molecule has 3 saturated carbocycles. The molecule has 2 amide bonds. The Morgan fingerprint density at radius 1 is 1.14 bits per heavy atom. The van der Waals surface area contributed by atoms with Crippen LogP contribution in [0.5, 0.6) is 5.75 Å². The van der Waals surface area contributed by atoms with E-state index in [0.29, 0.717) is 42.6 Å². The molecule has 1 saturated heterocycles.